The molecular weight excluding hydrogens is 296 g/mol. The van der Waals surface area contributed by atoms with Gasteiger partial charge in [0.2, 0.25) is 0 Å². The van der Waals surface area contributed by atoms with Crippen LogP contribution in [0, 0.1) is 6.92 Å². The van der Waals surface area contributed by atoms with Crippen LogP contribution < -0.4 is 4.74 Å². The molecule has 2 aromatic carbocycles. The Morgan fingerprint density at radius 3 is 2.41 bits per heavy atom. The fourth-order valence-corrected chi connectivity index (χ4v) is 2.66. The average Bonchev–Trinajstić information content (AvgIpc) is 2.92. The molecule has 0 aromatic heterocycles. The van der Waals surface area contributed by atoms with Crippen LogP contribution in [-0.4, -0.2) is 19.7 Å². The molecule has 4 heteroatoms. The number of methoxy groups -OCH3 is 1. The molecule has 1 aliphatic rings. The summed E-state index contributed by atoms with van der Waals surface area (Å²) in [6.07, 6.45) is 0. The standard InChI is InChI=1S/C18H16O3S/c1-11-9-13(5-8-16(11)22)15-10-21-18(19)17(15)12-3-6-14(20-2)7-4-12/h3-9,22H,10H2,1-2H3. The smallest absolute Gasteiger partial charge is 0.339 e. The van der Waals surface area contributed by atoms with Crippen molar-refractivity contribution in [3.05, 3.63) is 59.2 Å². The van der Waals surface area contributed by atoms with Crippen LogP contribution >= 0.6 is 12.6 Å². The van der Waals surface area contributed by atoms with Gasteiger partial charge >= 0.3 is 5.97 Å². The van der Waals surface area contributed by atoms with Crippen LogP contribution in [0.3, 0.4) is 0 Å². The quantitative estimate of drug-likeness (QED) is 0.692. The number of hydrogen-bond donors (Lipinski definition) is 1. The van der Waals surface area contributed by atoms with E-state index in [2.05, 4.69) is 12.6 Å². The van der Waals surface area contributed by atoms with Crippen molar-refractivity contribution in [3.8, 4) is 5.75 Å². The van der Waals surface area contributed by atoms with Gasteiger partial charge in [0.15, 0.2) is 0 Å². The Bertz CT molecular complexity index is 760. The molecule has 1 heterocycles. The van der Waals surface area contributed by atoms with Crippen LogP contribution in [0.4, 0.5) is 0 Å². The topological polar surface area (TPSA) is 35.5 Å². The van der Waals surface area contributed by atoms with Crippen LogP contribution in [0.2, 0.25) is 0 Å². The Balaban J connectivity index is 2.10. The highest BCUT2D eigenvalue weighted by atomic mass is 32.1. The van der Waals surface area contributed by atoms with Crippen molar-refractivity contribution in [1.29, 1.82) is 0 Å². The summed E-state index contributed by atoms with van der Waals surface area (Å²) in [5.74, 6) is 0.473. The molecule has 0 fully saturated rings. The van der Waals surface area contributed by atoms with Gasteiger partial charge in [0, 0.05) is 10.5 Å². The molecule has 0 radical (unpaired) electrons. The van der Waals surface area contributed by atoms with Crippen LogP contribution in [0.15, 0.2) is 47.4 Å². The molecular formula is C18H16O3S. The molecule has 0 bridgehead atoms. The molecule has 0 atom stereocenters. The van der Waals surface area contributed by atoms with Gasteiger partial charge in [0.25, 0.3) is 0 Å². The molecule has 3 rings (SSSR count). The first kappa shape index (κ1) is 14.7. The summed E-state index contributed by atoms with van der Waals surface area (Å²) in [7, 11) is 1.62. The first-order valence-electron chi connectivity index (χ1n) is 6.95. The molecule has 0 spiro atoms. The summed E-state index contributed by atoms with van der Waals surface area (Å²) in [6, 6.07) is 13.4. The maximum absolute atomic E-state index is 12.1. The predicted molar refractivity (Wildman–Crippen MR) is 89.2 cm³/mol. The predicted octanol–water partition coefficient (Wildman–Crippen LogP) is 3.76. The first-order valence-corrected chi connectivity index (χ1v) is 7.39. The zero-order chi connectivity index (χ0) is 15.7. The number of thiol groups is 1. The van der Waals surface area contributed by atoms with Crippen molar-refractivity contribution in [3.63, 3.8) is 0 Å². The van der Waals surface area contributed by atoms with Gasteiger partial charge < -0.3 is 9.47 Å². The molecule has 0 amide bonds. The fourth-order valence-electron chi connectivity index (χ4n) is 2.53. The first-order chi connectivity index (χ1) is 10.6. The Morgan fingerprint density at radius 2 is 1.77 bits per heavy atom. The minimum absolute atomic E-state index is 0.284. The van der Waals surface area contributed by atoms with E-state index in [0.29, 0.717) is 12.2 Å². The second kappa shape index (κ2) is 5.89. The zero-order valence-electron chi connectivity index (χ0n) is 12.4. The summed E-state index contributed by atoms with van der Waals surface area (Å²) in [5, 5.41) is 0. The number of cyclic esters (lactones) is 1. The van der Waals surface area contributed by atoms with Crippen molar-refractivity contribution >= 4 is 29.7 Å². The van der Waals surface area contributed by atoms with Crippen LogP contribution in [0.1, 0.15) is 16.7 Å². The van der Waals surface area contributed by atoms with E-state index in [4.69, 9.17) is 9.47 Å². The molecule has 0 unspecified atom stereocenters. The van der Waals surface area contributed by atoms with Gasteiger partial charge in [-0.3, -0.25) is 0 Å². The van der Waals surface area contributed by atoms with E-state index in [1.165, 1.54) is 0 Å². The van der Waals surface area contributed by atoms with Gasteiger partial charge in [-0.2, -0.15) is 0 Å². The molecule has 22 heavy (non-hydrogen) atoms. The molecule has 0 N–H and O–H groups in total. The highest BCUT2D eigenvalue weighted by Gasteiger charge is 2.27. The zero-order valence-corrected chi connectivity index (χ0v) is 13.3. The SMILES string of the molecule is COc1ccc(C2=C(c3ccc(S)c(C)c3)COC2=O)cc1. The lowest BCUT2D eigenvalue weighted by molar-refractivity contribution is -0.133. The lowest BCUT2D eigenvalue weighted by Gasteiger charge is -2.07. The summed E-state index contributed by atoms with van der Waals surface area (Å²) < 4.78 is 10.4. The van der Waals surface area contributed by atoms with E-state index in [1.807, 2.05) is 49.4 Å². The summed E-state index contributed by atoms with van der Waals surface area (Å²) in [5.41, 5.74) is 4.43. The largest absolute Gasteiger partial charge is 0.497 e. The van der Waals surface area contributed by atoms with E-state index < -0.39 is 0 Å². The minimum atomic E-state index is -0.284. The number of rotatable bonds is 3. The number of carbonyl (C=O) groups excluding carboxylic acids is 1. The summed E-state index contributed by atoms with van der Waals surface area (Å²) in [6.45, 7) is 2.29. The lowest BCUT2D eigenvalue weighted by Crippen LogP contribution is -1.98. The second-order valence-electron chi connectivity index (χ2n) is 5.16. The number of ether oxygens (including phenoxy) is 2. The number of esters is 1. The molecule has 0 saturated carbocycles. The third-order valence-corrected chi connectivity index (χ3v) is 4.28. The van der Waals surface area contributed by atoms with Crippen molar-refractivity contribution in [1.82, 2.24) is 0 Å². The summed E-state index contributed by atoms with van der Waals surface area (Å²) in [4.78, 5) is 13.1. The maximum Gasteiger partial charge on any atom is 0.339 e. The van der Waals surface area contributed by atoms with Crippen molar-refractivity contribution in [2.75, 3.05) is 13.7 Å². The van der Waals surface area contributed by atoms with E-state index in [-0.39, 0.29) is 5.97 Å². The molecule has 1 aliphatic heterocycles. The number of benzene rings is 2. The molecule has 0 saturated heterocycles. The van der Waals surface area contributed by atoms with Gasteiger partial charge in [-0.05, 0) is 41.8 Å². The number of aryl methyl sites for hydroxylation is 1. The number of hydrogen-bond acceptors (Lipinski definition) is 4. The monoisotopic (exact) mass is 312 g/mol. The van der Waals surface area contributed by atoms with Crippen LogP contribution in [0.25, 0.3) is 11.1 Å². The molecule has 112 valence electrons. The Hall–Kier alpha value is -2.20. The van der Waals surface area contributed by atoms with Gasteiger partial charge in [-0.1, -0.05) is 24.3 Å². The maximum atomic E-state index is 12.1. The van der Waals surface area contributed by atoms with E-state index in [1.54, 1.807) is 7.11 Å². The molecule has 0 aliphatic carbocycles. The Morgan fingerprint density at radius 1 is 1.09 bits per heavy atom. The Labute approximate surface area is 135 Å². The highest BCUT2D eigenvalue weighted by Crippen LogP contribution is 2.34. The number of carbonyl (C=O) groups is 1. The minimum Gasteiger partial charge on any atom is -0.497 e. The van der Waals surface area contributed by atoms with Gasteiger partial charge in [0.1, 0.15) is 12.4 Å². The van der Waals surface area contributed by atoms with E-state index >= 15 is 0 Å². The van der Waals surface area contributed by atoms with Crippen molar-refractivity contribution < 1.29 is 14.3 Å². The van der Waals surface area contributed by atoms with Crippen LogP contribution in [0.5, 0.6) is 5.75 Å². The molecule has 2 aromatic rings. The third-order valence-electron chi connectivity index (χ3n) is 3.78. The van der Waals surface area contributed by atoms with Gasteiger partial charge in [-0.25, -0.2) is 4.79 Å². The third kappa shape index (κ3) is 2.62. The van der Waals surface area contributed by atoms with E-state index in [0.717, 1.165) is 32.9 Å². The van der Waals surface area contributed by atoms with Gasteiger partial charge in [0.05, 0.1) is 12.7 Å². The summed E-state index contributed by atoms with van der Waals surface area (Å²) >= 11 is 4.39. The highest BCUT2D eigenvalue weighted by molar-refractivity contribution is 7.80. The second-order valence-corrected chi connectivity index (χ2v) is 5.64. The lowest BCUT2D eigenvalue weighted by atomic mass is 9.96. The van der Waals surface area contributed by atoms with Crippen LogP contribution in [-0.2, 0) is 9.53 Å². The Kier molecular flexibility index (Phi) is 3.94. The van der Waals surface area contributed by atoms with Crippen molar-refractivity contribution in [2.45, 2.75) is 11.8 Å². The fraction of sp³-hybridized carbons (Fsp3) is 0.167. The normalized spacial score (nSPS) is 14.2. The van der Waals surface area contributed by atoms with Crippen molar-refractivity contribution in [2.24, 2.45) is 0 Å². The average molecular weight is 312 g/mol. The molecule has 3 nitrogen and oxygen atoms in total. The van der Waals surface area contributed by atoms with E-state index in [9.17, 15) is 4.79 Å². The van der Waals surface area contributed by atoms with Gasteiger partial charge in [-0.15, -0.1) is 12.6 Å².